The van der Waals surface area contributed by atoms with Gasteiger partial charge in [-0.1, -0.05) is 6.42 Å². The third-order valence-corrected chi connectivity index (χ3v) is 4.14. The van der Waals surface area contributed by atoms with Crippen molar-refractivity contribution in [3.05, 3.63) is 29.6 Å². The zero-order chi connectivity index (χ0) is 14.7. The molecule has 4 nitrogen and oxygen atoms in total. The largest absolute Gasteiger partial charge is 0.494 e. The van der Waals surface area contributed by atoms with Gasteiger partial charge in [0, 0.05) is 18.7 Å². The van der Waals surface area contributed by atoms with Gasteiger partial charge in [-0.2, -0.15) is 0 Å². The first-order valence-corrected chi connectivity index (χ1v) is 6.89. The molecule has 0 radical (unpaired) electrons. The molecule has 0 aromatic heterocycles. The van der Waals surface area contributed by atoms with E-state index in [4.69, 9.17) is 10.5 Å². The molecule has 0 spiro atoms. The minimum Gasteiger partial charge on any atom is -0.494 e. The van der Waals surface area contributed by atoms with Crippen LogP contribution in [-0.2, 0) is 0 Å². The maximum absolute atomic E-state index is 13.4. The third kappa shape index (κ3) is 2.77. The lowest BCUT2D eigenvalue weighted by atomic mass is 10.0. The van der Waals surface area contributed by atoms with E-state index in [0.29, 0.717) is 18.0 Å². The number of carbonyl (C=O) groups is 1. The van der Waals surface area contributed by atoms with Crippen LogP contribution in [0.25, 0.3) is 0 Å². The average Bonchev–Trinajstić information content (AvgIpc) is 2.94. The van der Waals surface area contributed by atoms with Gasteiger partial charge in [-0.3, -0.25) is 4.79 Å². The van der Waals surface area contributed by atoms with Gasteiger partial charge in [-0.25, -0.2) is 4.39 Å². The van der Waals surface area contributed by atoms with Crippen molar-refractivity contribution < 1.29 is 13.9 Å². The first-order valence-electron chi connectivity index (χ1n) is 6.89. The number of carbonyl (C=O) groups excluding carboxylic acids is 1. The van der Waals surface area contributed by atoms with Crippen LogP contribution in [0, 0.1) is 11.7 Å². The van der Waals surface area contributed by atoms with Crippen LogP contribution >= 0.6 is 0 Å². The van der Waals surface area contributed by atoms with Crippen LogP contribution in [-0.4, -0.2) is 37.6 Å². The fourth-order valence-electron chi connectivity index (χ4n) is 2.95. The summed E-state index contributed by atoms with van der Waals surface area (Å²) in [6, 6.07) is 4.36. The summed E-state index contributed by atoms with van der Waals surface area (Å²) in [4.78, 5) is 14.2. The molecule has 1 aliphatic carbocycles. The molecule has 2 N–H and O–H groups in total. The zero-order valence-corrected chi connectivity index (χ0v) is 11.9. The molecule has 2 rings (SSSR count). The van der Waals surface area contributed by atoms with Crippen molar-refractivity contribution in [2.24, 2.45) is 11.7 Å². The van der Waals surface area contributed by atoms with Crippen molar-refractivity contribution in [1.82, 2.24) is 4.90 Å². The summed E-state index contributed by atoms with van der Waals surface area (Å²) >= 11 is 0. The number of hydrogen-bond acceptors (Lipinski definition) is 3. The van der Waals surface area contributed by atoms with Crippen LogP contribution in [0.1, 0.15) is 29.6 Å². The van der Waals surface area contributed by atoms with Crippen LogP contribution in [0.2, 0.25) is 0 Å². The second-order valence-corrected chi connectivity index (χ2v) is 5.26. The molecule has 1 aliphatic rings. The highest BCUT2D eigenvalue weighted by molar-refractivity contribution is 5.94. The molecule has 1 saturated carbocycles. The summed E-state index contributed by atoms with van der Waals surface area (Å²) in [5, 5.41) is 0. The van der Waals surface area contributed by atoms with Gasteiger partial charge in [0.2, 0.25) is 0 Å². The molecule has 0 saturated heterocycles. The Balaban J connectivity index is 2.18. The Morgan fingerprint density at radius 3 is 2.90 bits per heavy atom. The highest BCUT2D eigenvalue weighted by atomic mass is 19.1. The Bertz CT molecular complexity index is 493. The molecule has 1 amide bonds. The number of amides is 1. The van der Waals surface area contributed by atoms with Crippen LogP contribution in [0.3, 0.4) is 0 Å². The van der Waals surface area contributed by atoms with Crippen LogP contribution in [0.15, 0.2) is 18.2 Å². The molecular weight excluding hydrogens is 259 g/mol. The number of nitrogens with two attached hydrogens (primary N) is 1. The van der Waals surface area contributed by atoms with Gasteiger partial charge in [-0.15, -0.1) is 0 Å². The number of benzene rings is 1. The summed E-state index contributed by atoms with van der Waals surface area (Å²) in [7, 11) is 3.18. The molecule has 1 aromatic rings. The number of methoxy groups -OCH3 is 1. The van der Waals surface area contributed by atoms with E-state index in [1.54, 1.807) is 11.9 Å². The second kappa shape index (κ2) is 6.22. The van der Waals surface area contributed by atoms with E-state index in [2.05, 4.69) is 0 Å². The highest BCUT2D eigenvalue weighted by Crippen LogP contribution is 2.30. The SMILES string of the molecule is COc1cc(C(=O)N(C)C2CCCC2CN)ccc1F. The molecule has 5 heteroatoms. The van der Waals surface area contributed by atoms with Crippen LogP contribution < -0.4 is 10.5 Å². The lowest BCUT2D eigenvalue weighted by molar-refractivity contribution is 0.0699. The third-order valence-electron chi connectivity index (χ3n) is 4.14. The Morgan fingerprint density at radius 2 is 2.25 bits per heavy atom. The standard InChI is InChI=1S/C15H21FN2O2/c1-18(13-5-3-4-11(13)9-17)15(19)10-6-7-12(16)14(8-10)20-2/h6-8,11,13H,3-5,9,17H2,1-2H3. The maximum atomic E-state index is 13.4. The maximum Gasteiger partial charge on any atom is 0.253 e. The molecule has 1 aromatic carbocycles. The summed E-state index contributed by atoms with van der Waals surface area (Å²) in [6.07, 6.45) is 3.13. The number of ether oxygens (including phenoxy) is 1. The molecule has 0 heterocycles. The van der Waals surface area contributed by atoms with Gasteiger partial charge < -0.3 is 15.4 Å². The van der Waals surface area contributed by atoms with E-state index in [0.717, 1.165) is 19.3 Å². The van der Waals surface area contributed by atoms with Crippen molar-refractivity contribution in [2.45, 2.75) is 25.3 Å². The predicted molar refractivity (Wildman–Crippen MR) is 75.2 cm³/mol. The number of rotatable bonds is 4. The summed E-state index contributed by atoms with van der Waals surface area (Å²) in [6.45, 7) is 0.592. The van der Waals surface area contributed by atoms with E-state index >= 15 is 0 Å². The summed E-state index contributed by atoms with van der Waals surface area (Å²) in [5.74, 6) is -0.140. The predicted octanol–water partition coefficient (Wildman–Crippen LogP) is 2.03. The molecule has 0 aliphatic heterocycles. The molecule has 2 atom stereocenters. The normalized spacial score (nSPS) is 21.8. The van der Waals surface area contributed by atoms with Gasteiger partial charge in [-0.05, 0) is 43.5 Å². The minimum atomic E-state index is -0.465. The van der Waals surface area contributed by atoms with E-state index < -0.39 is 5.82 Å². The van der Waals surface area contributed by atoms with Crippen molar-refractivity contribution >= 4 is 5.91 Å². The topological polar surface area (TPSA) is 55.6 Å². The zero-order valence-electron chi connectivity index (χ0n) is 11.9. The Kier molecular flexibility index (Phi) is 4.60. The highest BCUT2D eigenvalue weighted by Gasteiger charge is 2.32. The average molecular weight is 280 g/mol. The van der Waals surface area contributed by atoms with Gasteiger partial charge in [0.25, 0.3) is 5.91 Å². The van der Waals surface area contributed by atoms with Gasteiger partial charge >= 0.3 is 0 Å². The summed E-state index contributed by atoms with van der Waals surface area (Å²) in [5.41, 5.74) is 6.20. The van der Waals surface area contributed by atoms with Crippen molar-refractivity contribution in [3.8, 4) is 5.75 Å². The number of nitrogens with zero attached hydrogens (tertiary/aromatic N) is 1. The molecule has 1 fully saturated rings. The van der Waals surface area contributed by atoms with Gasteiger partial charge in [0.15, 0.2) is 11.6 Å². The molecular formula is C15H21FN2O2. The first kappa shape index (κ1) is 14.8. The number of halogens is 1. The fourth-order valence-corrected chi connectivity index (χ4v) is 2.95. The Labute approximate surface area is 118 Å². The smallest absolute Gasteiger partial charge is 0.253 e. The Hall–Kier alpha value is -1.62. The molecule has 110 valence electrons. The van der Waals surface area contributed by atoms with E-state index in [-0.39, 0.29) is 17.7 Å². The van der Waals surface area contributed by atoms with Gasteiger partial charge in [0.05, 0.1) is 7.11 Å². The first-order chi connectivity index (χ1) is 9.58. The molecule has 20 heavy (non-hydrogen) atoms. The lowest BCUT2D eigenvalue weighted by Gasteiger charge is -2.29. The van der Waals surface area contributed by atoms with Crippen molar-refractivity contribution in [1.29, 1.82) is 0 Å². The quantitative estimate of drug-likeness (QED) is 0.918. The van der Waals surface area contributed by atoms with Crippen molar-refractivity contribution in [3.63, 3.8) is 0 Å². The van der Waals surface area contributed by atoms with Gasteiger partial charge in [0.1, 0.15) is 0 Å². The molecule has 2 unspecified atom stereocenters. The van der Waals surface area contributed by atoms with Crippen LogP contribution in [0.4, 0.5) is 4.39 Å². The van der Waals surface area contributed by atoms with Crippen molar-refractivity contribution in [2.75, 3.05) is 20.7 Å². The Morgan fingerprint density at radius 1 is 1.50 bits per heavy atom. The summed E-state index contributed by atoms with van der Waals surface area (Å²) < 4.78 is 18.3. The number of hydrogen-bond donors (Lipinski definition) is 1. The van der Waals surface area contributed by atoms with Crippen LogP contribution in [0.5, 0.6) is 5.75 Å². The fraction of sp³-hybridized carbons (Fsp3) is 0.533. The van der Waals surface area contributed by atoms with E-state index in [9.17, 15) is 9.18 Å². The second-order valence-electron chi connectivity index (χ2n) is 5.26. The van der Waals surface area contributed by atoms with E-state index in [1.165, 1.54) is 25.3 Å². The molecule has 0 bridgehead atoms. The monoisotopic (exact) mass is 280 g/mol. The lowest BCUT2D eigenvalue weighted by Crippen LogP contribution is -2.41. The minimum absolute atomic E-state index is 0.0889. The van der Waals surface area contributed by atoms with E-state index in [1.807, 2.05) is 0 Å².